The maximum Gasteiger partial charge on any atom is 0.408 e. The van der Waals surface area contributed by atoms with E-state index in [4.69, 9.17) is 9.47 Å². The normalized spacial score (nSPS) is 13.1. The van der Waals surface area contributed by atoms with Crippen molar-refractivity contribution in [1.29, 1.82) is 0 Å². The average Bonchev–Trinajstić information content (AvgIpc) is 3.09. The van der Waals surface area contributed by atoms with E-state index in [1.165, 1.54) is 7.11 Å². The fourth-order valence-electron chi connectivity index (χ4n) is 4.00. The van der Waals surface area contributed by atoms with Gasteiger partial charge < -0.3 is 19.9 Å². The number of hydrogen-bond acceptors (Lipinski definition) is 4. The first-order valence-electron chi connectivity index (χ1n) is 9.68. The molecule has 0 heterocycles. The number of ether oxygens (including phenoxy) is 2. The van der Waals surface area contributed by atoms with Crippen molar-refractivity contribution in [3.05, 3.63) is 87.9 Å². The van der Waals surface area contributed by atoms with E-state index in [1.54, 1.807) is 18.2 Å². The third-order valence-electron chi connectivity index (χ3n) is 5.37. The number of carbonyl (C=O) groups excluding carboxylic acids is 1. The minimum Gasteiger partial charge on any atom is -0.495 e. The lowest BCUT2D eigenvalue weighted by molar-refractivity contribution is -0.139. The molecule has 0 saturated heterocycles. The summed E-state index contributed by atoms with van der Waals surface area (Å²) in [5, 5.41) is 12.1. The molecule has 0 radical (unpaired) electrons. The lowest BCUT2D eigenvalue weighted by atomic mass is 9.98. The minimum absolute atomic E-state index is 0.0990. The zero-order valence-electron chi connectivity index (χ0n) is 16.7. The topological polar surface area (TPSA) is 84.9 Å². The molecule has 1 aliphatic rings. The number of hydrogen-bond donors (Lipinski definition) is 2. The van der Waals surface area contributed by atoms with Crippen LogP contribution in [0.25, 0.3) is 11.1 Å². The van der Waals surface area contributed by atoms with Crippen LogP contribution in [-0.4, -0.2) is 30.9 Å². The summed E-state index contributed by atoms with van der Waals surface area (Å²) in [5.41, 5.74) is 4.72. The third-order valence-corrected chi connectivity index (χ3v) is 5.99. The Labute approximate surface area is 187 Å². The van der Waals surface area contributed by atoms with Gasteiger partial charge in [-0.15, -0.1) is 0 Å². The van der Waals surface area contributed by atoms with Crippen LogP contribution in [-0.2, 0) is 9.53 Å². The molecule has 4 rings (SSSR count). The second kappa shape index (κ2) is 8.81. The Kier molecular flexibility index (Phi) is 5.95. The zero-order chi connectivity index (χ0) is 22.0. The number of fused-ring (bicyclic) bond motifs is 3. The summed E-state index contributed by atoms with van der Waals surface area (Å²) in [5.74, 6) is -0.986. The van der Waals surface area contributed by atoms with Gasteiger partial charge >= 0.3 is 12.1 Å². The highest BCUT2D eigenvalue weighted by Gasteiger charge is 2.31. The fourth-order valence-corrected chi connectivity index (χ4v) is 4.54. The van der Waals surface area contributed by atoms with Crippen LogP contribution in [0.5, 0.6) is 5.75 Å². The Morgan fingerprint density at radius 3 is 2.19 bits per heavy atom. The number of carbonyl (C=O) groups is 2. The zero-order valence-corrected chi connectivity index (χ0v) is 18.3. The molecule has 2 N–H and O–H groups in total. The molecule has 1 unspecified atom stereocenters. The first-order valence-corrected chi connectivity index (χ1v) is 10.5. The summed E-state index contributed by atoms with van der Waals surface area (Å²) in [6.07, 6.45) is -0.809. The number of amides is 1. The molecule has 0 spiro atoms. The average molecular weight is 482 g/mol. The van der Waals surface area contributed by atoms with Crippen LogP contribution in [0.15, 0.2) is 71.2 Å². The Morgan fingerprint density at radius 1 is 1.00 bits per heavy atom. The van der Waals surface area contributed by atoms with E-state index < -0.39 is 18.1 Å². The van der Waals surface area contributed by atoms with Crippen molar-refractivity contribution in [3.8, 4) is 16.9 Å². The maximum absolute atomic E-state index is 12.5. The number of para-hydroxylation sites is 1. The van der Waals surface area contributed by atoms with E-state index in [0.717, 1.165) is 22.3 Å². The predicted molar refractivity (Wildman–Crippen MR) is 119 cm³/mol. The quantitative estimate of drug-likeness (QED) is 0.510. The van der Waals surface area contributed by atoms with Gasteiger partial charge in [-0.1, -0.05) is 60.7 Å². The number of carboxylic acids is 1. The van der Waals surface area contributed by atoms with Crippen molar-refractivity contribution in [2.24, 2.45) is 0 Å². The molecule has 0 aliphatic heterocycles. The van der Waals surface area contributed by atoms with Crippen molar-refractivity contribution in [3.63, 3.8) is 0 Å². The molecule has 158 valence electrons. The summed E-state index contributed by atoms with van der Waals surface area (Å²) < 4.78 is 11.4. The smallest absolute Gasteiger partial charge is 0.408 e. The molecule has 0 fully saturated rings. The molecular formula is C24H20BrNO5. The van der Waals surface area contributed by atoms with Gasteiger partial charge in [-0.3, -0.25) is 0 Å². The standard InChI is InChI=1S/C24H20BrNO5/c1-30-22-18(11-6-12-20(22)25)21(23(27)28)26-24(29)31-13-19-16-9-4-2-7-14(16)15-8-3-5-10-17(15)19/h2-12,19,21H,13H2,1H3,(H,26,29)(H,27,28). The number of rotatable bonds is 6. The summed E-state index contributed by atoms with van der Waals surface area (Å²) in [4.78, 5) is 24.4. The van der Waals surface area contributed by atoms with Gasteiger partial charge in [0.15, 0.2) is 6.04 Å². The number of nitrogens with one attached hydrogen (secondary N) is 1. The fraction of sp³-hybridized carbons (Fsp3) is 0.167. The first kappa shape index (κ1) is 20.9. The monoisotopic (exact) mass is 481 g/mol. The Bertz CT molecular complexity index is 1100. The molecule has 31 heavy (non-hydrogen) atoms. The number of halogens is 1. The summed E-state index contributed by atoms with van der Waals surface area (Å²) >= 11 is 3.34. The van der Waals surface area contributed by atoms with Gasteiger partial charge in [-0.2, -0.15) is 0 Å². The molecule has 7 heteroatoms. The van der Waals surface area contributed by atoms with Crippen molar-refractivity contribution in [2.75, 3.05) is 13.7 Å². The largest absolute Gasteiger partial charge is 0.495 e. The van der Waals surface area contributed by atoms with E-state index in [0.29, 0.717) is 15.8 Å². The first-order chi connectivity index (χ1) is 15.0. The second-order valence-corrected chi connectivity index (χ2v) is 7.96. The lowest BCUT2D eigenvalue weighted by Crippen LogP contribution is -2.35. The molecule has 3 aromatic rings. The summed E-state index contributed by atoms with van der Waals surface area (Å²) in [6.45, 7) is 0.0990. The van der Waals surface area contributed by atoms with E-state index >= 15 is 0 Å². The van der Waals surface area contributed by atoms with Gasteiger partial charge in [0.25, 0.3) is 0 Å². The molecule has 0 saturated carbocycles. The van der Waals surface area contributed by atoms with Crippen LogP contribution in [0.1, 0.15) is 28.7 Å². The maximum atomic E-state index is 12.5. The molecular weight excluding hydrogens is 462 g/mol. The predicted octanol–water partition coefficient (Wildman–Crippen LogP) is 5.12. The Morgan fingerprint density at radius 2 is 1.61 bits per heavy atom. The van der Waals surface area contributed by atoms with Gasteiger partial charge in [0.05, 0.1) is 11.6 Å². The lowest BCUT2D eigenvalue weighted by Gasteiger charge is -2.19. The van der Waals surface area contributed by atoms with E-state index in [2.05, 4.69) is 21.2 Å². The van der Waals surface area contributed by atoms with Gasteiger partial charge in [-0.05, 0) is 44.3 Å². The van der Waals surface area contributed by atoms with Crippen LogP contribution < -0.4 is 10.1 Å². The van der Waals surface area contributed by atoms with Gasteiger partial charge in [-0.25, -0.2) is 9.59 Å². The number of methoxy groups -OCH3 is 1. The van der Waals surface area contributed by atoms with Gasteiger partial charge in [0.2, 0.25) is 0 Å². The number of carboxylic acid groups (broad SMARTS) is 1. The molecule has 3 aromatic carbocycles. The second-order valence-electron chi connectivity index (χ2n) is 7.10. The van der Waals surface area contributed by atoms with Crippen molar-refractivity contribution >= 4 is 28.0 Å². The SMILES string of the molecule is COc1c(Br)cccc1C(NC(=O)OCC1c2ccccc2-c2ccccc21)C(=O)O. The summed E-state index contributed by atoms with van der Waals surface area (Å²) in [7, 11) is 1.44. The number of aliphatic carboxylic acids is 1. The van der Waals surface area contributed by atoms with Crippen molar-refractivity contribution in [1.82, 2.24) is 5.32 Å². The minimum atomic E-state index is -1.32. The van der Waals surface area contributed by atoms with E-state index in [-0.39, 0.29) is 12.5 Å². The molecule has 1 atom stereocenters. The number of alkyl carbamates (subject to hydrolysis) is 1. The van der Waals surface area contributed by atoms with E-state index in [1.807, 2.05) is 48.5 Å². The molecule has 0 bridgehead atoms. The number of benzene rings is 3. The molecule has 1 amide bonds. The molecule has 6 nitrogen and oxygen atoms in total. The van der Waals surface area contributed by atoms with Crippen LogP contribution in [0.2, 0.25) is 0 Å². The Hall–Kier alpha value is -3.32. The van der Waals surface area contributed by atoms with Crippen LogP contribution in [0, 0.1) is 0 Å². The highest BCUT2D eigenvalue weighted by atomic mass is 79.9. The van der Waals surface area contributed by atoms with Gasteiger partial charge in [0.1, 0.15) is 12.4 Å². The third kappa shape index (κ3) is 4.01. The molecule has 1 aliphatic carbocycles. The van der Waals surface area contributed by atoms with Crippen molar-refractivity contribution in [2.45, 2.75) is 12.0 Å². The molecule has 0 aromatic heterocycles. The Balaban J connectivity index is 1.52. The highest BCUT2D eigenvalue weighted by molar-refractivity contribution is 9.10. The van der Waals surface area contributed by atoms with Gasteiger partial charge in [0, 0.05) is 11.5 Å². The van der Waals surface area contributed by atoms with Crippen LogP contribution >= 0.6 is 15.9 Å². The van der Waals surface area contributed by atoms with Crippen LogP contribution in [0.4, 0.5) is 4.79 Å². The van der Waals surface area contributed by atoms with Crippen LogP contribution in [0.3, 0.4) is 0 Å². The highest BCUT2D eigenvalue weighted by Crippen LogP contribution is 2.44. The van der Waals surface area contributed by atoms with Crippen molar-refractivity contribution < 1.29 is 24.2 Å². The summed E-state index contributed by atoms with van der Waals surface area (Å²) in [6, 6.07) is 19.7. The van der Waals surface area contributed by atoms with E-state index in [9.17, 15) is 14.7 Å².